The van der Waals surface area contributed by atoms with E-state index in [0.29, 0.717) is 6.61 Å². The zero-order chi connectivity index (χ0) is 10.2. The van der Waals surface area contributed by atoms with Crippen molar-refractivity contribution in [1.29, 1.82) is 0 Å². The summed E-state index contributed by atoms with van der Waals surface area (Å²) in [5.41, 5.74) is 0.426. The summed E-state index contributed by atoms with van der Waals surface area (Å²) in [6.45, 7) is 2.38. The van der Waals surface area contributed by atoms with Gasteiger partial charge in [-0.05, 0) is 24.6 Å². The van der Waals surface area contributed by atoms with E-state index in [2.05, 4.69) is 4.99 Å². The van der Waals surface area contributed by atoms with Crippen molar-refractivity contribution >= 4 is 18.0 Å². The minimum Gasteiger partial charge on any atom is -0.481 e. The zero-order valence-electron chi connectivity index (χ0n) is 7.63. The van der Waals surface area contributed by atoms with Crippen molar-refractivity contribution in [3.8, 4) is 0 Å². The molecule has 0 radical (unpaired) electrons. The Morgan fingerprint density at radius 2 is 2.36 bits per heavy atom. The molecule has 0 spiro atoms. The third-order valence-corrected chi connectivity index (χ3v) is 2.61. The molecule has 2 nitrogen and oxygen atoms in total. The number of halogens is 2. The van der Waals surface area contributed by atoms with E-state index in [1.54, 1.807) is 12.1 Å². The number of nitrogens with zero attached hydrogens (tertiary/aromatic N) is 1. The van der Waals surface area contributed by atoms with Crippen LogP contribution in [0.25, 0.3) is 0 Å². The summed E-state index contributed by atoms with van der Waals surface area (Å²) in [5, 5.41) is 0.117. The van der Waals surface area contributed by atoms with Crippen LogP contribution in [0.4, 0.5) is 4.39 Å². The van der Waals surface area contributed by atoms with E-state index >= 15 is 0 Å². The molecule has 1 aromatic carbocycles. The molecule has 0 fully saturated rings. The van der Waals surface area contributed by atoms with Crippen LogP contribution >= 0.6 is 11.6 Å². The fourth-order valence-corrected chi connectivity index (χ4v) is 1.56. The lowest BCUT2D eigenvalue weighted by molar-refractivity contribution is 0.276. The molecular formula is C10H9ClFNO. The lowest BCUT2D eigenvalue weighted by Crippen LogP contribution is -2.20. The zero-order valence-corrected chi connectivity index (χ0v) is 8.38. The molecule has 0 N–H and O–H groups in total. The maximum Gasteiger partial charge on any atom is 0.170 e. The Balaban J connectivity index is 2.42. The van der Waals surface area contributed by atoms with E-state index in [1.807, 2.05) is 6.92 Å². The van der Waals surface area contributed by atoms with Crippen molar-refractivity contribution in [3.63, 3.8) is 0 Å². The van der Waals surface area contributed by atoms with Crippen LogP contribution in [0, 0.1) is 5.82 Å². The molecule has 1 aliphatic heterocycles. The van der Waals surface area contributed by atoms with Crippen LogP contribution < -0.4 is 0 Å². The van der Waals surface area contributed by atoms with E-state index in [4.69, 9.17) is 16.3 Å². The van der Waals surface area contributed by atoms with E-state index in [0.717, 1.165) is 5.56 Å². The monoisotopic (exact) mass is 213 g/mol. The standard InChI is InChI=1S/C10H9ClFNO/c1-10(5-14-6-13-10)7-2-3-9(12)8(11)4-7/h2-4,6H,5H2,1H3. The molecule has 1 heterocycles. The minimum atomic E-state index is -0.433. The summed E-state index contributed by atoms with van der Waals surface area (Å²) in [7, 11) is 0. The number of aliphatic imine (C=N–C) groups is 1. The van der Waals surface area contributed by atoms with E-state index in [1.165, 1.54) is 12.5 Å². The Kier molecular flexibility index (Phi) is 2.19. The summed E-state index contributed by atoms with van der Waals surface area (Å²) in [4.78, 5) is 4.18. The van der Waals surface area contributed by atoms with Crippen molar-refractivity contribution in [2.45, 2.75) is 12.5 Å². The summed E-state index contributed by atoms with van der Waals surface area (Å²) >= 11 is 5.69. The predicted octanol–water partition coefficient (Wildman–Crippen LogP) is 2.75. The highest BCUT2D eigenvalue weighted by Gasteiger charge is 2.30. The SMILES string of the molecule is CC1(c2ccc(F)c(Cl)c2)COC=N1. The van der Waals surface area contributed by atoms with Gasteiger partial charge in [-0.2, -0.15) is 0 Å². The van der Waals surface area contributed by atoms with Gasteiger partial charge in [0.25, 0.3) is 0 Å². The number of hydrogen-bond acceptors (Lipinski definition) is 2. The van der Waals surface area contributed by atoms with Gasteiger partial charge in [0.15, 0.2) is 6.40 Å². The second-order valence-electron chi connectivity index (χ2n) is 3.45. The Bertz CT molecular complexity index is 394. The number of rotatable bonds is 1. The smallest absolute Gasteiger partial charge is 0.170 e. The first-order valence-corrected chi connectivity index (χ1v) is 4.60. The maximum absolute atomic E-state index is 12.9. The number of hydrogen-bond donors (Lipinski definition) is 0. The molecule has 1 atom stereocenters. The number of ether oxygens (including phenoxy) is 1. The molecule has 0 aliphatic carbocycles. The fraction of sp³-hybridized carbons (Fsp3) is 0.300. The van der Waals surface area contributed by atoms with Crippen molar-refractivity contribution in [1.82, 2.24) is 0 Å². The van der Waals surface area contributed by atoms with E-state index in [9.17, 15) is 4.39 Å². The second-order valence-corrected chi connectivity index (χ2v) is 3.86. The van der Waals surface area contributed by atoms with Gasteiger partial charge >= 0.3 is 0 Å². The van der Waals surface area contributed by atoms with Gasteiger partial charge < -0.3 is 4.74 Å². The van der Waals surface area contributed by atoms with Crippen LogP contribution in [-0.4, -0.2) is 13.0 Å². The molecule has 0 amide bonds. The maximum atomic E-state index is 12.9. The van der Waals surface area contributed by atoms with Gasteiger partial charge in [0.1, 0.15) is 18.0 Å². The fourth-order valence-electron chi connectivity index (χ4n) is 1.38. The summed E-state index contributed by atoms with van der Waals surface area (Å²) < 4.78 is 18.0. The minimum absolute atomic E-state index is 0.117. The van der Waals surface area contributed by atoms with E-state index in [-0.39, 0.29) is 5.02 Å². The Hall–Kier alpha value is -1.09. The van der Waals surface area contributed by atoms with E-state index < -0.39 is 11.4 Å². The Morgan fingerprint density at radius 3 is 2.93 bits per heavy atom. The molecule has 74 valence electrons. The topological polar surface area (TPSA) is 21.6 Å². The average Bonchev–Trinajstić information content (AvgIpc) is 2.58. The van der Waals surface area contributed by atoms with Crippen molar-refractivity contribution in [2.75, 3.05) is 6.61 Å². The normalized spacial score (nSPS) is 25.1. The van der Waals surface area contributed by atoms with Crippen LogP contribution in [0.3, 0.4) is 0 Å². The summed E-state index contributed by atoms with van der Waals surface area (Å²) in [6, 6.07) is 4.60. The molecule has 0 saturated heterocycles. The Labute approximate surface area is 86.4 Å². The van der Waals surface area contributed by atoms with Gasteiger partial charge in [0.2, 0.25) is 0 Å². The molecule has 4 heteroatoms. The molecule has 1 unspecified atom stereocenters. The van der Waals surface area contributed by atoms with Crippen LogP contribution in [0.15, 0.2) is 23.2 Å². The van der Waals surface area contributed by atoms with Gasteiger partial charge in [-0.3, -0.25) is 0 Å². The van der Waals surface area contributed by atoms with Crippen molar-refractivity contribution in [3.05, 3.63) is 34.6 Å². The van der Waals surface area contributed by atoms with Crippen LogP contribution in [0.1, 0.15) is 12.5 Å². The molecule has 1 aliphatic rings. The molecule has 0 saturated carbocycles. The first kappa shape index (κ1) is 9.46. The highest BCUT2D eigenvalue weighted by molar-refractivity contribution is 6.30. The molecule has 2 rings (SSSR count). The van der Waals surface area contributed by atoms with Crippen LogP contribution in [-0.2, 0) is 10.3 Å². The van der Waals surface area contributed by atoms with Gasteiger partial charge in [-0.15, -0.1) is 0 Å². The highest BCUT2D eigenvalue weighted by Crippen LogP contribution is 2.30. The van der Waals surface area contributed by atoms with Gasteiger partial charge in [0, 0.05) is 0 Å². The molecular weight excluding hydrogens is 205 g/mol. The molecule has 1 aromatic rings. The average molecular weight is 214 g/mol. The summed E-state index contributed by atoms with van der Waals surface area (Å²) in [5.74, 6) is -0.415. The summed E-state index contributed by atoms with van der Waals surface area (Å²) in [6.07, 6.45) is 1.41. The van der Waals surface area contributed by atoms with Gasteiger partial charge in [-0.25, -0.2) is 9.38 Å². The quantitative estimate of drug-likeness (QED) is 0.703. The first-order valence-electron chi connectivity index (χ1n) is 4.23. The predicted molar refractivity (Wildman–Crippen MR) is 53.2 cm³/mol. The molecule has 14 heavy (non-hydrogen) atoms. The largest absolute Gasteiger partial charge is 0.481 e. The van der Waals surface area contributed by atoms with Crippen molar-refractivity contribution < 1.29 is 9.13 Å². The first-order chi connectivity index (χ1) is 6.62. The third kappa shape index (κ3) is 1.48. The molecule has 0 aromatic heterocycles. The van der Waals surface area contributed by atoms with Crippen LogP contribution in [0.5, 0.6) is 0 Å². The lowest BCUT2D eigenvalue weighted by atomic mass is 9.94. The van der Waals surface area contributed by atoms with Gasteiger partial charge in [-0.1, -0.05) is 17.7 Å². The molecule has 0 bridgehead atoms. The third-order valence-electron chi connectivity index (χ3n) is 2.32. The van der Waals surface area contributed by atoms with Crippen molar-refractivity contribution in [2.24, 2.45) is 4.99 Å². The second kappa shape index (κ2) is 3.24. The Morgan fingerprint density at radius 1 is 1.57 bits per heavy atom. The highest BCUT2D eigenvalue weighted by atomic mass is 35.5. The number of benzene rings is 1. The van der Waals surface area contributed by atoms with Crippen LogP contribution in [0.2, 0.25) is 5.02 Å². The lowest BCUT2D eigenvalue weighted by Gasteiger charge is -2.19. The van der Waals surface area contributed by atoms with Gasteiger partial charge in [0.05, 0.1) is 5.02 Å².